The maximum atomic E-state index is 12.1. The molecule has 1 aromatic rings. The van der Waals surface area contributed by atoms with Gasteiger partial charge in [0, 0.05) is 12.3 Å². The van der Waals surface area contributed by atoms with Gasteiger partial charge in [0.1, 0.15) is 5.78 Å². The topological polar surface area (TPSA) is 37.3 Å². The van der Waals surface area contributed by atoms with Gasteiger partial charge in [-0.2, -0.15) is 0 Å². The lowest BCUT2D eigenvalue weighted by molar-refractivity contribution is -0.142. The quantitative estimate of drug-likeness (QED) is 0.914. The predicted molar refractivity (Wildman–Crippen MR) is 79.4 cm³/mol. The molecule has 2 aliphatic rings. The second-order valence-corrected chi connectivity index (χ2v) is 6.55. The molecule has 0 aromatic heterocycles. The van der Waals surface area contributed by atoms with Crippen molar-refractivity contribution in [2.75, 3.05) is 0 Å². The summed E-state index contributed by atoms with van der Waals surface area (Å²) in [4.78, 5) is 12.1. The number of hydrogen-bond donors (Lipinski definition) is 1. The zero-order chi connectivity index (χ0) is 14.0. The normalized spacial score (nSPS) is 33.8. The van der Waals surface area contributed by atoms with Crippen LogP contribution in [-0.2, 0) is 11.2 Å². The molecule has 0 spiro atoms. The lowest BCUT2D eigenvalue weighted by Crippen LogP contribution is -2.49. The molecule has 20 heavy (non-hydrogen) atoms. The largest absolute Gasteiger partial charge is 0.390 e. The summed E-state index contributed by atoms with van der Waals surface area (Å²) >= 11 is 0. The molecule has 0 radical (unpaired) electrons. The molecule has 2 fully saturated rings. The van der Waals surface area contributed by atoms with Gasteiger partial charge in [-0.15, -0.1) is 0 Å². The molecule has 1 aromatic carbocycles. The summed E-state index contributed by atoms with van der Waals surface area (Å²) in [6, 6.07) is 10.4. The molecule has 0 saturated heterocycles. The van der Waals surface area contributed by atoms with Crippen molar-refractivity contribution in [3.8, 4) is 0 Å². The number of carbonyl (C=O) groups is 1. The summed E-state index contributed by atoms with van der Waals surface area (Å²) in [6.07, 6.45) is 7.30. The monoisotopic (exact) mass is 272 g/mol. The summed E-state index contributed by atoms with van der Waals surface area (Å²) in [5.74, 6) is 0.749. The van der Waals surface area contributed by atoms with Crippen LogP contribution in [0, 0.1) is 11.8 Å². The fraction of sp³-hybridized carbons (Fsp3) is 0.611. The first-order valence-electron chi connectivity index (χ1n) is 7.98. The highest BCUT2D eigenvalue weighted by Gasteiger charge is 2.47. The van der Waals surface area contributed by atoms with Crippen LogP contribution >= 0.6 is 0 Å². The van der Waals surface area contributed by atoms with E-state index in [-0.39, 0.29) is 11.8 Å². The number of Topliss-reactive ketones (excluding diaryl/α,β-unsaturated/α-hetero) is 1. The van der Waals surface area contributed by atoms with Crippen LogP contribution in [0.3, 0.4) is 0 Å². The molecule has 0 amide bonds. The minimum atomic E-state index is -0.616. The van der Waals surface area contributed by atoms with E-state index in [4.69, 9.17) is 0 Å². The summed E-state index contributed by atoms with van der Waals surface area (Å²) < 4.78 is 0. The van der Waals surface area contributed by atoms with Crippen molar-refractivity contribution in [2.45, 2.75) is 57.0 Å². The number of aryl methyl sites for hydroxylation is 1. The summed E-state index contributed by atoms with van der Waals surface area (Å²) in [5, 5.41) is 11.1. The smallest absolute Gasteiger partial charge is 0.136 e. The number of hydrogen-bond acceptors (Lipinski definition) is 2. The van der Waals surface area contributed by atoms with Gasteiger partial charge in [0.05, 0.1) is 5.60 Å². The van der Waals surface area contributed by atoms with Crippen LogP contribution in [-0.4, -0.2) is 16.5 Å². The highest BCUT2D eigenvalue weighted by atomic mass is 16.3. The van der Waals surface area contributed by atoms with Gasteiger partial charge in [-0.3, -0.25) is 4.79 Å². The average Bonchev–Trinajstić information content (AvgIpc) is 2.48. The Morgan fingerprint density at radius 3 is 2.75 bits per heavy atom. The number of aliphatic hydroxyl groups is 1. The molecule has 2 unspecified atom stereocenters. The van der Waals surface area contributed by atoms with Gasteiger partial charge in [-0.25, -0.2) is 0 Å². The summed E-state index contributed by atoms with van der Waals surface area (Å²) in [5.41, 5.74) is 0.666. The van der Waals surface area contributed by atoms with Gasteiger partial charge in [0.2, 0.25) is 0 Å². The van der Waals surface area contributed by atoms with Crippen LogP contribution in [0.1, 0.15) is 50.5 Å². The van der Waals surface area contributed by atoms with Crippen molar-refractivity contribution in [2.24, 2.45) is 11.8 Å². The molecule has 108 valence electrons. The van der Waals surface area contributed by atoms with Gasteiger partial charge >= 0.3 is 0 Å². The van der Waals surface area contributed by atoms with E-state index in [0.29, 0.717) is 5.78 Å². The Kier molecular flexibility index (Phi) is 3.93. The minimum Gasteiger partial charge on any atom is -0.390 e. The number of carbonyl (C=O) groups excluding carboxylic acids is 1. The minimum absolute atomic E-state index is 0.137. The van der Waals surface area contributed by atoms with Gasteiger partial charge in [-0.05, 0) is 56.4 Å². The van der Waals surface area contributed by atoms with Gasteiger partial charge in [0.15, 0.2) is 0 Å². The molecule has 3 atom stereocenters. The zero-order valence-corrected chi connectivity index (χ0v) is 12.1. The maximum Gasteiger partial charge on any atom is 0.136 e. The SMILES string of the molecule is O=C1CCCC2C1CCC[C@]2(O)CCc1ccccc1. The number of rotatable bonds is 3. The van der Waals surface area contributed by atoms with E-state index in [1.807, 2.05) is 18.2 Å². The molecule has 0 bridgehead atoms. The van der Waals surface area contributed by atoms with Crippen molar-refractivity contribution in [3.05, 3.63) is 35.9 Å². The fourth-order valence-electron chi connectivity index (χ4n) is 4.24. The third-order valence-electron chi connectivity index (χ3n) is 5.34. The highest BCUT2D eigenvalue weighted by Crippen LogP contribution is 2.46. The zero-order valence-electron chi connectivity index (χ0n) is 12.1. The van der Waals surface area contributed by atoms with E-state index < -0.39 is 5.60 Å². The van der Waals surface area contributed by atoms with Crippen LogP contribution in [0.2, 0.25) is 0 Å². The maximum absolute atomic E-state index is 12.1. The van der Waals surface area contributed by atoms with Crippen molar-refractivity contribution in [1.82, 2.24) is 0 Å². The molecular weight excluding hydrogens is 248 g/mol. The number of benzene rings is 1. The molecule has 0 heterocycles. The molecule has 2 saturated carbocycles. The molecule has 2 aliphatic carbocycles. The van der Waals surface area contributed by atoms with E-state index >= 15 is 0 Å². The molecule has 2 nitrogen and oxygen atoms in total. The first-order valence-corrected chi connectivity index (χ1v) is 7.98. The van der Waals surface area contributed by atoms with Crippen LogP contribution in [0.4, 0.5) is 0 Å². The van der Waals surface area contributed by atoms with E-state index in [2.05, 4.69) is 12.1 Å². The van der Waals surface area contributed by atoms with Crippen molar-refractivity contribution >= 4 is 5.78 Å². The lowest BCUT2D eigenvalue weighted by Gasteiger charge is -2.46. The van der Waals surface area contributed by atoms with Crippen molar-refractivity contribution in [3.63, 3.8) is 0 Å². The Morgan fingerprint density at radius 2 is 1.95 bits per heavy atom. The fourth-order valence-corrected chi connectivity index (χ4v) is 4.24. The predicted octanol–water partition coefficient (Wildman–Crippen LogP) is 3.52. The highest BCUT2D eigenvalue weighted by molar-refractivity contribution is 5.82. The van der Waals surface area contributed by atoms with Crippen molar-refractivity contribution in [1.29, 1.82) is 0 Å². The Hall–Kier alpha value is -1.15. The van der Waals surface area contributed by atoms with E-state index in [9.17, 15) is 9.90 Å². The van der Waals surface area contributed by atoms with Crippen LogP contribution in [0.15, 0.2) is 30.3 Å². The number of fused-ring (bicyclic) bond motifs is 1. The summed E-state index contributed by atoms with van der Waals surface area (Å²) in [6.45, 7) is 0. The lowest BCUT2D eigenvalue weighted by atomic mass is 9.61. The number of ketones is 1. The first kappa shape index (κ1) is 13.8. The molecule has 3 rings (SSSR count). The first-order chi connectivity index (χ1) is 9.69. The van der Waals surface area contributed by atoms with E-state index in [1.165, 1.54) is 5.56 Å². The standard InChI is InChI=1S/C18H24O2/c19-17-10-4-9-16-15(17)8-5-12-18(16,20)13-11-14-6-2-1-3-7-14/h1-3,6-7,15-16,20H,4-5,8-13H2/t15?,16?,18-/m0/s1. The summed E-state index contributed by atoms with van der Waals surface area (Å²) in [7, 11) is 0. The molecule has 1 N–H and O–H groups in total. The molecule has 0 aliphatic heterocycles. The molecular formula is C18H24O2. The average molecular weight is 272 g/mol. The second-order valence-electron chi connectivity index (χ2n) is 6.55. The Morgan fingerprint density at radius 1 is 1.15 bits per heavy atom. The van der Waals surface area contributed by atoms with E-state index in [0.717, 1.165) is 51.4 Å². The van der Waals surface area contributed by atoms with E-state index in [1.54, 1.807) is 0 Å². The van der Waals surface area contributed by atoms with Gasteiger partial charge < -0.3 is 5.11 Å². The van der Waals surface area contributed by atoms with Crippen LogP contribution in [0.25, 0.3) is 0 Å². The van der Waals surface area contributed by atoms with Gasteiger partial charge in [0.25, 0.3) is 0 Å². The molecule has 2 heteroatoms. The third-order valence-corrected chi connectivity index (χ3v) is 5.34. The van der Waals surface area contributed by atoms with Crippen LogP contribution in [0.5, 0.6) is 0 Å². The third kappa shape index (κ3) is 2.67. The Balaban J connectivity index is 1.71. The Labute approximate surface area is 121 Å². The van der Waals surface area contributed by atoms with Crippen molar-refractivity contribution < 1.29 is 9.90 Å². The van der Waals surface area contributed by atoms with Crippen LogP contribution < -0.4 is 0 Å². The van der Waals surface area contributed by atoms with Gasteiger partial charge in [-0.1, -0.05) is 30.3 Å². The Bertz CT molecular complexity index is 468. The second kappa shape index (κ2) is 5.69.